The van der Waals surface area contributed by atoms with E-state index in [0.29, 0.717) is 22.5 Å². The maximum absolute atomic E-state index is 15.2. The van der Waals surface area contributed by atoms with E-state index in [4.69, 9.17) is 0 Å². The molecule has 8 aromatic carbocycles. The van der Waals surface area contributed by atoms with Gasteiger partial charge in [-0.25, -0.2) is 0 Å². The first-order chi connectivity index (χ1) is 28.4. The largest absolute Gasteiger partial charge is 0.417 e. The van der Waals surface area contributed by atoms with Crippen molar-refractivity contribution in [3.63, 3.8) is 0 Å². The Morgan fingerprint density at radius 1 is 0.448 bits per heavy atom. The zero-order valence-corrected chi connectivity index (χ0v) is 31.9. The normalized spacial score (nSPS) is 12.4. The van der Waals surface area contributed by atoms with Crippen molar-refractivity contribution in [1.82, 2.24) is 9.13 Å². The van der Waals surface area contributed by atoms with Crippen molar-refractivity contribution >= 4 is 107 Å². The maximum Gasteiger partial charge on any atom is 0.417 e. The molecule has 0 bridgehead atoms. The molecule has 0 N–H and O–H groups in total. The number of thiophene rings is 2. The average molecular weight is 790 g/mol. The van der Waals surface area contributed by atoms with E-state index in [1.54, 1.807) is 34.8 Å². The number of benzene rings is 8. The van der Waals surface area contributed by atoms with E-state index in [-0.39, 0.29) is 5.56 Å². The van der Waals surface area contributed by atoms with Gasteiger partial charge in [-0.15, -0.1) is 22.7 Å². The van der Waals surface area contributed by atoms with Gasteiger partial charge >= 0.3 is 6.18 Å². The number of hydrogen-bond acceptors (Lipinski definition) is 3. The van der Waals surface area contributed by atoms with Gasteiger partial charge in [-0.2, -0.15) is 18.4 Å². The molecule has 0 amide bonds. The van der Waals surface area contributed by atoms with Crippen molar-refractivity contribution in [2.24, 2.45) is 0 Å². The summed E-state index contributed by atoms with van der Waals surface area (Å²) in [6.45, 7) is 0. The minimum absolute atomic E-state index is 0.0398. The van der Waals surface area contributed by atoms with Crippen LogP contribution in [0.1, 0.15) is 11.1 Å². The Bertz CT molecular complexity index is 3760. The first kappa shape index (κ1) is 33.2. The Morgan fingerprint density at radius 2 is 0.914 bits per heavy atom. The fraction of sp³-hybridized carbons (Fsp3) is 0.0200. The number of nitriles is 1. The molecule has 0 fully saturated rings. The van der Waals surface area contributed by atoms with Gasteiger partial charge < -0.3 is 9.13 Å². The third kappa shape index (κ3) is 4.54. The summed E-state index contributed by atoms with van der Waals surface area (Å²) in [6, 6.07) is 53.1. The Labute approximate surface area is 336 Å². The van der Waals surface area contributed by atoms with Crippen LogP contribution in [0.2, 0.25) is 0 Å². The van der Waals surface area contributed by atoms with Gasteiger partial charge in [-0.05, 0) is 48.0 Å². The van der Waals surface area contributed by atoms with Crippen molar-refractivity contribution in [1.29, 1.82) is 5.26 Å². The molecule has 0 unspecified atom stereocenters. The van der Waals surface area contributed by atoms with Crippen LogP contribution in [-0.4, -0.2) is 9.13 Å². The lowest BCUT2D eigenvalue weighted by atomic mass is 9.95. The lowest BCUT2D eigenvalue weighted by molar-refractivity contribution is -0.137. The van der Waals surface area contributed by atoms with Gasteiger partial charge in [0.25, 0.3) is 0 Å². The van der Waals surface area contributed by atoms with E-state index in [9.17, 15) is 5.26 Å². The van der Waals surface area contributed by atoms with E-state index in [0.717, 1.165) is 90.0 Å². The van der Waals surface area contributed by atoms with Gasteiger partial charge in [0, 0.05) is 58.1 Å². The topological polar surface area (TPSA) is 33.6 Å². The fourth-order valence-corrected chi connectivity index (χ4v) is 11.7. The number of alkyl halides is 3. The van der Waals surface area contributed by atoms with E-state index in [1.165, 1.54) is 6.07 Å². The third-order valence-corrected chi connectivity index (χ3v) is 14.0. The molecule has 12 rings (SSSR count). The molecule has 0 aliphatic carbocycles. The Morgan fingerprint density at radius 3 is 1.47 bits per heavy atom. The molecular formula is C50H26F3N3S2. The molecule has 0 saturated carbocycles. The van der Waals surface area contributed by atoms with Gasteiger partial charge in [0.2, 0.25) is 0 Å². The molecule has 4 aromatic heterocycles. The quantitative estimate of drug-likeness (QED) is 0.175. The van der Waals surface area contributed by atoms with Gasteiger partial charge in [-0.3, -0.25) is 0 Å². The highest BCUT2D eigenvalue weighted by molar-refractivity contribution is 7.27. The first-order valence-corrected chi connectivity index (χ1v) is 20.4. The summed E-state index contributed by atoms with van der Waals surface area (Å²) in [7, 11) is 0. The molecular weight excluding hydrogens is 764 g/mol. The first-order valence-electron chi connectivity index (χ1n) is 18.8. The molecule has 12 aromatic rings. The lowest BCUT2D eigenvalue weighted by Crippen LogP contribution is -2.09. The number of aromatic nitrogens is 2. The maximum atomic E-state index is 15.2. The summed E-state index contributed by atoms with van der Waals surface area (Å²) in [5.41, 5.74) is 4.55. The van der Waals surface area contributed by atoms with Crippen molar-refractivity contribution in [3.05, 3.63) is 169 Å². The minimum Gasteiger partial charge on any atom is -0.307 e. The average Bonchev–Trinajstić information content (AvgIpc) is 4.01. The van der Waals surface area contributed by atoms with Crippen molar-refractivity contribution in [2.45, 2.75) is 6.18 Å². The molecule has 0 radical (unpaired) electrons. The van der Waals surface area contributed by atoms with Crippen LogP contribution in [-0.2, 0) is 6.18 Å². The van der Waals surface area contributed by atoms with Gasteiger partial charge in [0.1, 0.15) is 6.07 Å². The fourth-order valence-electron chi connectivity index (χ4n) is 9.18. The standard InChI is InChI=1S/C50H26F3N3S2/c51-50(52,53)39-16-6-1-11-29(39)38-26-42(55-40-17-7-2-12-30(40)34-21-23-36-32-14-4-9-19-44(32)57-48(36)46(34)55)28(27-54)25-43(38)56-41-18-8-3-13-31(41)35-22-24-37-33-15-5-10-20-45(33)58-49(37)47(35)56/h1-26H. The number of para-hydroxylation sites is 2. The highest BCUT2D eigenvalue weighted by Gasteiger charge is 2.35. The molecule has 3 nitrogen and oxygen atoms in total. The second-order valence-electron chi connectivity index (χ2n) is 14.6. The lowest BCUT2D eigenvalue weighted by Gasteiger charge is -2.21. The Balaban J connectivity index is 1.28. The van der Waals surface area contributed by atoms with Crippen LogP contribution >= 0.6 is 22.7 Å². The van der Waals surface area contributed by atoms with E-state index >= 15 is 13.2 Å². The van der Waals surface area contributed by atoms with E-state index < -0.39 is 11.7 Å². The van der Waals surface area contributed by atoms with Crippen molar-refractivity contribution in [3.8, 4) is 28.6 Å². The smallest absolute Gasteiger partial charge is 0.307 e. The Kier molecular flexibility index (Phi) is 6.90. The minimum atomic E-state index is -4.64. The summed E-state index contributed by atoms with van der Waals surface area (Å²) < 4.78 is 54.1. The van der Waals surface area contributed by atoms with E-state index in [1.807, 2.05) is 72.8 Å². The Hall–Kier alpha value is -6.92. The van der Waals surface area contributed by atoms with Crippen molar-refractivity contribution < 1.29 is 13.2 Å². The molecule has 4 heterocycles. The molecule has 8 heteroatoms. The second-order valence-corrected chi connectivity index (χ2v) is 16.7. The summed E-state index contributed by atoms with van der Waals surface area (Å²) >= 11 is 3.36. The molecule has 0 aliphatic heterocycles. The van der Waals surface area contributed by atoms with Gasteiger partial charge in [0.15, 0.2) is 0 Å². The van der Waals surface area contributed by atoms with E-state index in [2.05, 4.69) is 75.9 Å². The number of hydrogen-bond donors (Lipinski definition) is 0. The van der Waals surface area contributed by atoms with Crippen LogP contribution in [0.15, 0.2) is 158 Å². The molecule has 58 heavy (non-hydrogen) atoms. The zero-order valence-electron chi connectivity index (χ0n) is 30.3. The van der Waals surface area contributed by atoms with Crippen LogP contribution < -0.4 is 0 Å². The number of fused-ring (bicyclic) bond motifs is 14. The zero-order chi connectivity index (χ0) is 38.9. The van der Waals surface area contributed by atoms with Crippen LogP contribution in [0.4, 0.5) is 13.2 Å². The predicted molar refractivity (Wildman–Crippen MR) is 236 cm³/mol. The summed E-state index contributed by atoms with van der Waals surface area (Å²) in [5.74, 6) is 0. The number of halogens is 3. The number of rotatable bonds is 3. The molecule has 0 spiro atoms. The number of nitrogens with zero attached hydrogens (tertiary/aromatic N) is 3. The van der Waals surface area contributed by atoms with Crippen LogP contribution in [0.25, 0.3) is 106 Å². The summed E-state index contributed by atoms with van der Waals surface area (Å²) in [4.78, 5) is 0. The van der Waals surface area contributed by atoms with Crippen LogP contribution in [0.5, 0.6) is 0 Å². The SMILES string of the molecule is N#Cc1cc(-n2c3ccccc3c3ccc4c5ccccc5sc4c32)c(-c2ccccc2C(F)(F)F)cc1-n1c2ccccc2c2ccc3c4ccccc4sc3c21. The van der Waals surface area contributed by atoms with Gasteiger partial charge in [-0.1, -0.05) is 115 Å². The van der Waals surface area contributed by atoms with Crippen LogP contribution in [0.3, 0.4) is 0 Å². The molecule has 0 aliphatic rings. The summed E-state index contributed by atoms with van der Waals surface area (Å²) in [5, 5.41) is 19.6. The van der Waals surface area contributed by atoms with Crippen LogP contribution in [0, 0.1) is 11.3 Å². The van der Waals surface area contributed by atoms with Gasteiger partial charge in [0.05, 0.1) is 54.0 Å². The third-order valence-electron chi connectivity index (χ3n) is 11.6. The van der Waals surface area contributed by atoms with Crippen molar-refractivity contribution in [2.75, 3.05) is 0 Å². The molecule has 274 valence electrons. The molecule has 0 atom stereocenters. The highest BCUT2D eigenvalue weighted by Crippen LogP contribution is 2.48. The second kappa shape index (κ2) is 12.0. The monoisotopic (exact) mass is 789 g/mol. The highest BCUT2D eigenvalue weighted by atomic mass is 32.1. The summed E-state index contributed by atoms with van der Waals surface area (Å²) in [6.07, 6.45) is -4.64. The molecule has 0 saturated heterocycles. The predicted octanol–water partition coefficient (Wildman–Crippen LogP) is 15.2.